The Labute approximate surface area is 214 Å². The van der Waals surface area contributed by atoms with Crippen LogP contribution < -0.4 is 20.9 Å². The summed E-state index contributed by atoms with van der Waals surface area (Å²) in [6, 6.07) is 14.2. The Bertz CT molecular complexity index is 1220. The average molecular weight is 503 g/mol. The van der Waals surface area contributed by atoms with Crippen LogP contribution in [0.2, 0.25) is 0 Å². The molecule has 2 aromatic heterocycles. The van der Waals surface area contributed by atoms with Crippen LogP contribution in [0.1, 0.15) is 36.0 Å². The molecule has 1 unspecified atom stereocenters. The molecule has 1 atom stereocenters. The number of nitrogens with zero attached hydrogens (tertiary/aromatic N) is 3. The van der Waals surface area contributed by atoms with Gasteiger partial charge in [-0.1, -0.05) is 0 Å². The number of piperidine rings is 1. The summed E-state index contributed by atoms with van der Waals surface area (Å²) in [6.45, 7) is 2.05. The third-order valence-corrected chi connectivity index (χ3v) is 6.61. The molecule has 1 aliphatic heterocycles. The minimum Gasteiger partial charge on any atom is -0.463 e. The molecule has 1 saturated heterocycles. The highest BCUT2D eigenvalue weighted by molar-refractivity contribution is 5.96. The topological polar surface area (TPSA) is 129 Å². The first-order valence-corrected chi connectivity index (χ1v) is 12.7. The first-order chi connectivity index (χ1) is 18.1. The van der Waals surface area contributed by atoms with Crippen molar-refractivity contribution >= 4 is 29.2 Å². The molecule has 3 heterocycles. The lowest BCUT2D eigenvalue weighted by molar-refractivity contribution is -0.125. The van der Waals surface area contributed by atoms with E-state index in [-0.39, 0.29) is 29.6 Å². The smallest absolute Gasteiger partial charge is 0.251 e. The Morgan fingerprint density at radius 3 is 2.41 bits per heavy atom. The molecule has 0 bridgehead atoms. The van der Waals surface area contributed by atoms with Crippen molar-refractivity contribution in [3.63, 3.8) is 0 Å². The fourth-order valence-corrected chi connectivity index (χ4v) is 4.35. The summed E-state index contributed by atoms with van der Waals surface area (Å²) in [4.78, 5) is 39.1. The normalized spacial score (nSPS) is 17.2. The molecule has 1 saturated carbocycles. The summed E-state index contributed by atoms with van der Waals surface area (Å²) in [6.07, 6.45) is 5.17. The summed E-state index contributed by atoms with van der Waals surface area (Å²) >= 11 is 0. The molecule has 3 amide bonds. The SMILES string of the molecule is O=C(NCCNC(=O)C1CCCN(c2ccc(-c3ccco3)nn2)C1)c1ccc(NC(=O)C2CC2)cc1. The van der Waals surface area contributed by atoms with Crippen LogP contribution in [0, 0.1) is 11.8 Å². The summed E-state index contributed by atoms with van der Waals surface area (Å²) < 4.78 is 5.36. The van der Waals surface area contributed by atoms with E-state index >= 15 is 0 Å². The molecule has 192 valence electrons. The van der Waals surface area contributed by atoms with Gasteiger partial charge in [0.05, 0.1) is 12.2 Å². The van der Waals surface area contributed by atoms with Crippen molar-refractivity contribution in [2.24, 2.45) is 11.8 Å². The van der Waals surface area contributed by atoms with Gasteiger partial charge in [-0.2, -0.15) is 0 Å². The zero-order valence-corrected chi connectivity index (χ0v) is 20.5. The molecule has 1 aromatic carbocycles. The lowest BCUT2D eigenvalue weighted by atomic mass is 9.97. The summed E-state index contributed by atoms with van der Waals surface area (Å²) in [7, 11) is 0. The molecule has 2 aliphatic rings. The Morgan fingerprint density at radius 1 is 0.892 bits per heavy atom. The zero-order chi connectivity index (χ0) is 25.6. The van der Waals surface area contributed by atoms with E-state index in [1.54, 1.807) is 36.6 Å². The number of nitrogens with one attached hydrogen (secondary N) is 3. The van der Waals surface area contributed by atoms with Crippen LogP contribution >= 0.6 is 0 Å². The second-order valence-corrected chi connectivity index (χ2v) is 9.43. The van der Waals surface area contributed by atoms with E-state index in [0.29, 0.717) is 42.3 Å². The predicted octanol–water partition coefficient (Wildman–Crippen LogP) is 2.85. The Balaban J connectivity index is 1.04. The maximum atomic E-state index is 12.7. The van der Waals surface area contributed by atoms with Crippen LogP contribution in [0.5, 0.6) is 0 Å². The van der Waals surface area contributed by atoms with Gasteiger partial charge in [-0.15, -0.1) is 10.2 Å². The number of hydrogen-bond donors (Lipinski definition) is 3. The van der Waals surface area contributed by atoms with Gasteiger partial charge in [-0.05, 0) is 74.2 Å². The number of carbonyl (C=O) groups is 3. The van der Waals surface area contributed by atoms with Crippen molar-refractivity contribution in [1.82, 2.24) is 20.8 Å². The molecule has 0 spiro atoms. The maximum Gasteiger partial charge on any atom is 0.251 e. The molecular formula is C27H30N6O4. The molecule has 3 aromatic rings. The van der Waals surface area contributed by atoms with Gasteiger partial charge >= 0.3 is 0 Å². The quantitative estimate of drug-likeness (QED) is 0.384. The Hall–Kier alpha value is -4.21. The van der Waals surface area contributed by atoms with Crippen LogP contribution in [0.3, 0.4) is 0 Å². The van der Waals surface area contributed by atoms with E-state index in [9.17, 15) is 14.4 Å². The molecule has 37 heavy (non-hydrogen) atoms. The number of hydrogen-bond acceptors (Lipinski definition) is 7. The molecule has 5 rings (SSSR count). The highest BCUT2D eigenvalue weighted by Crippen LogP contribution is 2.30. The maximum absolute atomic E-state index is 12.7. The van der Waals surface area contributed by atoms with Gasteiger partial charge in [0, 0.05) is 43.3 Å². The lowest BCUT2D eigenvalue weighted by Gasteiger charge is -2.32. The van der Waals surface area contributed by atoms with Crippen molar-refractivity contribution in [3.8, 4) is 11.5 Å². The van der Waals surface area contributed by atoms with Crippen molar-refractivity contribution in [3.05, 3.63) is 60.4 Å². The summed E-state index contributed by atoms with van der Waals surface area (Å²) in [5.74, 6) is 1.14. The molecule has 0 radical (unpaired) electrons. The van der Waals surface area contributed by atoms with Crippen LogP contribution in [0.4, 0.5) is 11.5 Å². The summed E-state index contributed by atoms with van der Waals surface area (Å²) in [5.41, 5.74) is 1.85. The predicted molar refractivity (Wildman–Crippen MR) is 138 cm³/mol. The fraction of sp³-hybridized carbons (Fsp3) is 0.370. The van der Waals surface area contributed by atoms with Gasteiger partial charge in [0.2, 0.25) is 11.8 Å². The van der Waals surface area contributed by atoms with Crippen LogP contribution in [-0.2, 0) is 9.59 Å². The first kappa shape index (κ1) is 24.5. The van der Waals surface area contributed by atoms with Crippen LogP contribution in [0.25, 0.3) is 11.5 Å². The second-order valence-electron chi connectivity index (χ2n) is 9.43. The molecular weight excluding hydrogens is 472 g/mol. The highest BCUT2D eigenvalue weighted by Gasteiger charge is 2.29. The van der Waals surface area contributed by atoms with E-state index in [1.165, 1.54) is 0 Å². The van der Waals surface area contributed by atoms with Gasteiger partial charge in [0.25, 0.3) is 5.91 Å². The molecule has 10 heteroatoms. The van der Waals surface area contributed by atoms with Crippen molar-refractivity contribution < 1.29 is 18.8 Å². The molecule has 10 nitrogen and oxygen atoms in total. The monoisotopic (exact) mass is 502 g/mol. The van der Waals surface area contributed by atoms with Crippen molar-refractivity contribution in [2.45, 2.75) is 25.7 Å². The van der Waals surface area contributed by atoms with E-state index in [0.717, 1.165) is 38.0 Å². The Kier molecular flexibility index (Phi) is 7.43. The number of aromatic nitrogens is 2. The molecule has 2 fully saturated rings. The number of furan rings is 1. The average Bonchev–Trinajstić information content (AvgIpc) is 3.65. The van der Waals surface area contributed by atoms with Gasteiger partial charge in [-0.25, -0.2) is 0 Å². The Morgan fingerprint density at radius 2 is 1.70 bits per heavy atom. The first-order valence-electron chi connectivity index (χ1n) is 12.7. The van der Waals surface area contributed by atoms with E-state index in [2.05, 4.69) is 31.0 Å². The fourth-order valence-electron chi connectivity index (χ4n) is 4.35. The largest absolute Gasteiger partial charge is 0.463 e. The number of rotatable bonds is 9. The molecule has 1 aliphatic carbocycles. The summed E-state index contributed by atoms with van der Waals surface area (Å²) in [5, 5.41) is 17.2. The third kappa shape index (κ3) is 6.32. The van der Waals surface area contributed by atoms with Crippen molar-refractivity contribution in [1.29, 1.82) is 0 Å². The van der Waals surface area contributed by atoms with Crippen molar-refractivity contribution in [2.75, 3.05) is 36.4 Å². The molecule has 3 N–H and O–H groups in total. The van der Waals surface area contributed by atoms with Crippen LogP contribution in [-0.4, -0.2) is 54.1 Å². The van der Waals surface area contributed by atoms with Gasteiger partial charge < -0.3 is 25.3 Å². The van der Waals surface area contributed by atoms with Crippen LogP contribution in [0.15, 0.2) is 59.2 Å². The van der Waals surface area contributed by atoms with Gasteiger partial charge in [-0.3, -0.25) is 14.4 Å². The van der Waals surface area contributed by atoms with E-state index in [4.69, 9.17) is 4.42 Å². The minimum absolute atomic E-state index is 0.0323. The standard InChI is InChI=1S/C27H30N6O4/c34-25(18-7-9-21(10-8-18)30-27(36)19-5-6-19)28-13-14-29-26(35)20-3-1-15-33(17-20)24-12-11-22(31-32-24)23-4-2-16-37-23/h2,4,7-12,16,19-20H,1,3,5-6,13-15,17H2,(H,28,34)(H,29,35)(H,30,36). The number of anilines is 2. The minimum atomic E-state index is -0.227. The third-order valence-electron chi connectivity index (χ3n) is 6.61. The zero-order valence-electron chi connectivity index (χ0n) is 20.5. The van der Waals surface area contributed by atoms with Gasteiger partial charge in [0.1, 0.15) is 5.69 Å². The van der Waals surface area contributed by atoms with Gasteiger partial charge in [0.15, 0.2) is 11.6 Å². The number of benzene rings is 1. The lowest BCUT2D eigenvalue weighted by Crippen LogP contribution is -2.45. The van der Waals surface area contributed by atoms with E-state index in [1.807, 2.05) is 18.2 Å². The highest BCUT2D eigenvalue weighted by atomic mass is 16.3. The van der Waals surface area contributed by atoms with E-state index < -0.39 is 0 Å². The second kappa shape index (κ2) is 11.2. The number of carbonyl (C=O) groups excluding carboxylic acids is 3. The number of amides is 3.